The van der Waals surface area contributed by atoms with E-state index in [4.69, 9.17) is 22.1 Å². The number of anilines is 2. The summed E-state index contributed by atoms with van der Waals surface area (Å²) in [5.74, 6) is -0.407. The van der Waals surface area contributed by atoms with Crippen molar-refractivity contribution in [2.45, 2.75) is 20.0 Å². The molecule has 2 heterocycles. The van der Waals surface area contributed by atoms with Gasteiger partial charge in [0, 0.05) is 48.4 Å². The molecule has 0 saturated heterocycles. The molecule has 0 fully saturated rings. The van der Waals surface area contributed by atoms with Gasteiger partial charge in [-0.3, -0.25) is 19.6 Å². The number of halogens is 1. The Morgan fingerprint density at radius 1 is 1.32 bits per heavy atom. The molecule has 190 valence electrons. The molecule has 0 spiro atoms. The molecule has 1 atom stereocenters. The SMILES string of the molecule is C=CN(c1cc(OC(C)c2cccc([N+](=O)[O-])c2Cl)c(C(N)=O)s1)c1ccc(-c2cnn(C)c2)cc1C. The molecule has 2 aromatic heterocycles. The Labute approximate surface area is 222 Å². The highest BCUT2D eigenvalue weighted by molar-refractivity contribution is 7.18. The summed E-state index contributed by atoms with van der Waals surface area (Å²) in [6.45, 7) is 7.63. The monoisotopic (exact) mass is 537 g/mol. The highest BCUT2D eigenvalue weighted by atomic mass is 35.5. The number of nitrogens with two attached hydrogens (primary N) is 1. The summed E-state index contributed by atoms with van der Waals surface area (Å²) in [6, 6.07) is 12.2. The third-order valence-corrected chi connectivity index (χ3v) is 7.31. The topological polar surface area (TPSA) is 117 Å². The van der Waals surface area contributed by atoms with E-state index in [-0.39, 0.29) is 21.3 Å². The van der Waals surface area contributed by atoms with Crippen LogP contribution in [0.1, 0.15) is 33.8 Å². The van der Waals surface area contributed by atoms with Crippen LogP contribution in [0.2, 0.25) is 5.02 Å². The van der Waals surface area contributed by atoms with Crippen LogP contribution < -0.4 is 15.4 Å². The third kappa shape index (κ3) is 5.20. The number of aryl methyl sites for hydroxylation is 2. The van der Waals surface area contributed by atoms with E-state index in [2.05, 4.69) is 17.7 Å². The highest BCUT2D eigenvalue weighted by Gasteiger charge is 2.24. The van der Waals surface area contributed by atoms with Gasteiger partial charge in [0.15, 0.2) is 0 Å². The Balaban J connectivity index is 1.67. The first-order chi connectivity index (χ1) is 17.6. The summed E-state index contributed by atoms with van der Waals surface area (Å²) in [6.07, 6.45) is 4.70. The van der Waals surface area contributed by atoms with Crippen molar-refractivity contribution in [1.29, 1.82) is 0 Å². The van der Waals surface area contributed by atoms with Crippen LogP contribution in [-0.2, 0) is 7.05 Å². The summed E-state index contributed by atoms with van der Waals surface area (Å²) >= 11 is 7.42. The number of nitro groups is 1. The van der Waals surface area contributed by atoms with Gasteiger partial charge in [0.1, 0.15) is 26.8 Å². The quantitative estimate of drug-likeness (QED) is 0.191. The second kappa shape index (κ2) is 10.5. The number of primary amides is 1. The van der Waals surface area contributed by atoms with Crippen LogP contribution in [-0.4, -0.2) is 20.6 Å². The van der Waals surface area contributed by atoms with Crippen molar-refractivity contribution < 1.29 is 14.5 Å². The normalized spacial score (nSPS) is 11.7. The second-order valence-corrected chi connectivity index (χ2v) is 9.70. The molecule has 0 saturated carbocycles. The third-order valence-electron chi connectivity index (χ3n) is 5.77. The maximum atomic E-state index is 12.3. The first-order valence-electron chi connectivity index (χ1n) is 11.1. The molecule has 2 aromatic carbocycles. The zero-order chi connectivity index (χ0) is 26.9. The number of thiophene rings is 1. The highest BCUT2D eigenvalue weighted by Crippen LogP contribution is 2.43. The molecule has 0 aliphatic heterocycles. The lowest BCUT2D eigenvalue weighted by molar-refractivity contribution is -0.384. The summed E-state index contributed by atoms with van der Waals surface area (Å²) in [4.78, 5) is 25.0. The van der Waals surface area contributed by atoms with E-state index in [1.165, 1.54) is 12.1 Å². The Bertz CT molecular complexity index is 1510. The molecule has 11 heteroatoms. The zero-order valence-electron chi connectivity index (χ0n) is 20.3. The molecular formula is C26H24ClN5O4S. The molecule has 4 aromatic rings. The average molecular weight is 538 g/mol. The Morgan fingerprint density at radius 3 is 2.68 bits per heavy atom. The Hall–Kier alpha value is -4.15. The summed E-state index contributed by atoms with van der Waals surface area (Å²) < 4.78 is 7.81. The van der Waals surface area contributed by atoms with E-state index in [1.807, 2.05) is 37.2 Å². The van der Waals surface area contributed by atoms with Crippen molar-refractivity contribution in [3.8, 4) is 16.9 Å². The van der Waals surface area contributed by atoms with Crippen LogP contribution in [0.4, 0.5) is 16.4 Å². The van der Waals surface area contributed by atoms with Crippen molar-refractivity contribution >= 4 is 45.2 Å². The first-order valence-corrected chi connectivity index (χ1v) is 12.3. The summed E-state index contributed by atoms with van der Waals surface area (Å²) in [5, 5.41) is 16.1. The lowest BCUT2D eigenvalue weighted by Crippen LogP contribution is -2.12. The number of nitrogens with zero attached hydrogens (tertiary/aromatic N) is 4. The van der Waals surface area contributed by atoms with E-state index in [9.17, 15) is 14.9 Å². The van der Waals surface area contributed by atoms with Crippen LogP contribution in [0.3, 0.4) is 0 Å². The Kier molecular flexibility index (Phi) is 7.33. The fraction of sp³-hybridized carbons (Fsp3) is 0.154. The lowest BCUT2D eigenvalue weighted by Gasteiger charge is -2.21. The van der Waals surface area contributed by atoms with Crippen molar-refractivity contribution in [2.24, 2.45) is 12.8 Å². The number of ether oxygens (including phenoxy) is 1. The van der Waals surface area contributed by atoms with Gasteiger partial charge in [-0.1, -0.05) is 36.4 Å². The predicted molar refractivity (Wildman–Crippen MR) is 146 cm³/mol. The van der Waals surface area contributed by atoms with Gasteiger partial charge in [-0.05, 0) is 37.1 Å². The number of hydrogen-bond acceptors (Lipinski definition) is 7. The second-order valence-electron chi connectivity index (χ2n) is 8.30. The molecule has 0 radical (unpaired) electrons. The Morgan fingerprint density at radius 2 is 2.08 bits per heavy atom. The maximum absolute atomic E-state index is 12.3. The van der Waals surface area contributed by atoms with Crippen molar-refractivity contribution in [2.75, 3.05) is 4.90 Å². The molecule has 0 bridgehead atoms. The van der Waals surface area contributed by atoms with Gasteiger partial charge >= 0.3 is 0 Å². The molecule has 0 aliphatic rings. The van der Waals surface area contributed by atoms with E-state index in [1.54, 1.807) is 36.1 Å². The van der Waals surface area contributed by atoms with Gasteiger partial charge in [-0.15, -0.1) is 11.3 Å². The molecule has 9 nitrogen and oxygen atoms in total. The largest absolute Gasteiger partial charge is 0.484 e. The lowest BCUT2D eigenvalue weighted by atomic mass is 10.0. The van der Waals surface area contributed by atoms with Gasteiger partial charge in [0.05, 0.1) is 11.1 Å². The van der Waals surface area contributed by atoms with E-state index < -0.39 is 16.9 Å². The van der Waals surface area contributed by atoms with Crippen LogP contribution in [0.15, 0.2) is 67.6 Å². The van der Waals surface area contributed by atoms with Gasteiger partial charge in [0.25, 0.3) is 11.6 Å². The van der Waals surface area contributed by atoms with Crippen molar-refractivity contribution in [1.82, 2.24) is 9.78 Å². The predicted octanol–water partition coefficient (Wildman–Crippen LogP) is 6.54. The minimum Gasteiger partial charge on any atom is -0.484 e. The average Bonchev–Trinajstić information content (AvgIpc) is 3.47. The van der Waals surface area contributed by atoms with Crippen LogP contribution in [0.5, 0.6) is 5.75 Å². The first kappa shape index (κ1) is 25.9. The summed E-state index contributed by atoms with van der Waals surface area (Å²) in [5.41, 5.74) is 9.72. The van der Waals surface area contributed by atoms with Crippen LogP contribution >= 0.6 is 22.9 Å². The summed E-state index contributed by atoms with van der Waals surface area (Å²) in [7, 11) is 1.87. The minimum absolute atomic E-state index is 0.0203. The fourth-order valence-corrected chi connectivity index (χ4v) is 5.27. The van der Waals surface area contributed by atoms with E-state index >= 15 is 0 Å². The van der Waals surface area contributed by atoms with Crippen molar-refractivity contribution in [3.05, 3.63) is 98.8 Å². The molecule has 1 amide bonds. The molecule has 0 aliphatic carbocycles. The van der Waals surface area contributed by atoms with Gasteiger partial charge < -0.3 is 15.4 Å². The molecule has 37 heavy (non-hydrogen) atoms. The van der Waals surface area contributed by atoms with Crippen LogP contribution in [0, 0.1) is 17.0 Å². The maximum Gasteiger partial charge on any atom is 0.288 e. The fourth-order valence-electron chi connectivity index (χ4n) is 3.97. The molecule has 2 N–H and O–H groups in total. The number of amides is 1. The number of carbonyl (C=O) groups is 1. The molecule has 4 rings (SSSR count). The van der Waals surface area contributed by atoms with Gasteiger partial charge in [0.2, 0.25) is 0 Å². The van der Waals surface area contributed by atoms with Crippen molar-refractivity contribution in [3.63, 3.8) is 0 Å². The number of hydrogen-bond donors (Lipinski definition) is 1. The number of aromatic nitrogens is 2. The number of rotatable bonds is 9. The van der Waals surface area contributed by atoms with Crippen LogP contribution in [0.25, 0.3) is 11.1 Å². The zero-order valence-corrected chi connectivity index (χ0v) is 21.9. The molecule has 1 unspecified atom stereocenters. The smallest absolute Gasteiger partial charge is 0.288 e. The van der Waals surface area contributed by atoms with Gasteiger partial charge in [-0.2, -0.15) is 5.10 Å². The van der Waals surface area contributed by atoms with E-state index in [0.29, 0.717) is 10.6 Å². The molecular weight excluding hydrogens is 514 g/mol. The van der Waals surface area contributed by atoms with Gasteiger partial charge in [-0.25, -0.2) is 0 Å². The number of nitro benzene ring substituents is 1. The van der Waals surface area contributed by atoms with E-state index in [0.717, 1.165) is 33.7 Å². The number of benzene rings is 2. The number of carbonyl (C=O) groups excluding carboxylic acids is 1. The standard InChI is InChI=1S/C26H24ClN5O4S/c1-5-31(20-10-9-17(11-15(20)2)18-13-29-30(4)14-18)23-12-22(25(37-23)26(28)33)36-16(3)19-7-6-8-21(24(19)27)32(34)35/h5-14,16H,1H2,2-4H3,(H2,28,33). The minimum atomic E-state index is -0.689.